The van der Waals surface area contributed by atoms with Gasteiger partial charge in [0.05, 0.1) is 35.9 Å². The number of nitrogens with one attached hydrogen (secondary N) is 1. The van der Waals surface area contributed by atoms with Gasteiger partial charge in [0.25, 0.3) is 6.43 Å². The van der Waals surface area contributed by atoms with Gasteiger partial charge in [-0.2, -0.15) is 5.10 Å². The fourth-order valence-electron chi connectivity index (χ4n) is 4.18. The Labute approximate surface area is 210 Å². The molecule has 0 atom stereocenters. The molecule has 0 spiro atoms. The van der Waals surface area contributed by atoms with Crippen molar-refractivity contribution in [3.8, 4) is 5.13 Å². The Morgan fingerprint density at radius 3 is 2.47 bits per heavy atom. The molecular formula is C21H25F2N7O4S2. The Hall–Kier alpha value is -2.75. The summed E-state index contributed by atoms with van der Waals surface area (Å²) in [6, 6.07) is 2.72. The number of hydrogen-bond acceptors (Lipinski definition) is 9. The number of carbonyl (C=O) groups is 1. The van der Waals surface area contributed by atoms with Crippen molar-refractivity contribution >= 4 is 43.9 Å². The average Bonchev–Trinajstić information content (AvgIpc) is 3.48. The lowest BCUT2D eigenvalue weighted by Crippen LogP contribution is -2.50. The molecule has 0 unspecified atom stereocenters. The molecule has 1 aromatic carbocycles. The summed E-state index contributed by atoms with van der Waals surface area (Å²) in [7, 11) is -3.91. The van der Waals surface area contributed by atoms with Crippen LogP contribution in [0.15, 0.2) is 23.2 Å². The van der Waals surface area contributed by atoms with Crippen molar-refractivity contribution in [2.45, 2.75) is 31.2 Å². The van der Waals surface area contributed by atoms with Crippen LogP contribution in [0.3, 0.4) is 0 Å². The number of fused-ring (bicyclic) bond motifs is 1. The molecule has 1 N–H and O–H groups in total. The van der Waals surface area contributed by atoms with Crippen LogP contribution >= 0.6 is 11.3 Å². The van der Waals surface area contributed by atoms with Crippen LogP contribution in [0.1, 0.15) is 25.3 Å². The Morgan fingerprint density at radius 1 is 1.17 bits per heavy atom. The molecule has 194 valence electrons. The molecule has 1 amide bonds. The van der Waals surface area contributed by atoms with Crippen LogP contribution in [0, 0.1) is 5.92 Å². The topological polar surface area (TPSA) is 123 Å². The molecule has 11 nitrogen and oxygen atoms in total. The third-order valence-corrected chi connectivity index (χ3v) is 8.54. The van der Waals surface area contributed by atoms with Crippen LogP contribution in [-0.2, 0) is 19.6 Å². The number of rotatable bonds is 7. The summed E-state index contributed by atoms with van der Waals surface area (Å²) in [6.07, 6.45) is -1.22. The minimum atomic E-state index is -3.91. The molecule has 2 aliphatic rings. The van der Waals surface area contributed by atoms with Crippen molar-refractivity contribution in [1.29, 1.82) is 0 Å². The van der Waals surface area contributed by atoms with Gasteiger partial charge in [0.1, 0.15) is 0 Å². The highest BCUT2D eigenvalue weighted by Gasteiger charge is 2.30. The molecule has 2 aliphatic heterocycles. The molecule has 2 aromatic heterocycles. The van der Waals surface area contributed by atoms with Crippen molar-refractivity contribution in [2.24, 2.45) is 5.92 Å². The molecule has 2 fully saturated rings. The Kier molecular flexibility index (Phi) is 6.65. The Balaban J connectivity index is 1.55. The van der Waals surface area contributed by atoms with E-state index in [0.717, 1.165) is 0 Å². The van der Waals surface area contributed by atoms with Crippen molar-refractivity contribution in [3.63, 3.8) is 0 Å². The third-order valence-electron chi connectivity index (χ3n) is 6.13. The second-order valence-corrected chi connectivity index (χ2v) is 11.7. The number of amides is 1. The van der Waals surface area contributed by atoms with E-state index in [1.807, 2.05) is 18.7 Å². The number of alkyl halides is 2. The zero-order valence-electron chi connectivity index (χ0n) is 19.6. The number of hydrogen-bond donors (Lipinski definition) is 1. The lowest BCUT2D eigenvalue weighted by atomic mass is 10.1. The monoisotopic (exact) mass is 541 g/mol. The van der Waals surface area contributed by atoms with Gasteiger partial charge in [-0.15, -0.1) is 10.2 Å². The maximum Gasteiger partial charge on any atom is 0.291 e. The maximum absolute atomic E-state index is 13.2. The number of aromatic nitrogens is 4. The first-order chi connectivity index (χ1) is 17.1. The van der Waals surface area contributed by atoms with Gasteiger partial charge in [-0.25, -0.2) is 26.6 Å². The number of sulfonamides is 1. The summed E-state index contributed by atoms with van der Waals surface area (Å²) >= 11 is 0.687. The predicted molar refractivity (Wildman–Crippen MR) is 128 cm³/mol. The highest BCUT2D eigenvalue weighted by atomic mass is 32.2. The van der Waals surface area contributed by atoms with Gasteiger partial charge in [0.2, 0.25) is 21.1 Å². The van der Waals surface area contributed by atoms with E-state index in [0.29, 0.717) is 67.3 Å². The summed E-state index contributed by atoms with van der Waals surface area (Å²) in [4.78, 5) is 16.2. The van der Waals surface area contributed by atoms with Crippen molar-refractivity contribution in [3.05, 3.63) is 23.3 Å². The highest BCUT2D eigenvalue weighted by molar-refractivity contribution is 7.89. The SMILES string of the molecule is CC(C)C(=O)N1CCN(c2cc(S(=O)(=O)NC3COC3)cc3c2cnn3-c2nnc(C(F)F)s2)CC1. The minimum Gasteiger partial charge on any atom is -0.378 e. The van der Waals surface area contributed by atoms with Crippen molar-refractivity contribution < 1.29 is 26.7 Å². The molecule has 5 rings (SSSR count). The summed E-state index contributed by atoms with van der Waals surface area (Å²) < 4.78 is 61.7. The van der Waals surface area contributed by atoms with E-state index in [4.69, 9.17) is 4.74 Å². The van der Waals surface area contributed by atoms with E-state index in [1.165, 1.54) is 10.7 Å². The smallest absolute Gasteiger partial charge is 0.291 e. The van der Waals surface area contributed by atoms with Gasteiger partial charge in [0, 0.05) is 43.2 Å². The van der Waals surface area contributed by atoms with Gasteiger partial charge >= 0.3 is 0 Å². The molecule has 0 radical (unpaired) electrons. The fraction of sp³-hybridized carbons (Fsp3) is 0.524. The number of anilines is 1. The largest absolute Gasteiger partial charge is 0.378 e. The van der Waals surface area contributed by atoms with Crippen molar-refractivity contribution in [2.75, 3.05) is 44.3 Å². The number of carbonyl (C=O) groups excluding carboxylic acids is 1. The van der Waals surface area contributed by atoms with Gasteiger partial charge < -0.3 is 14.5 Å². The quantitative estimate of drug-likeness (QED) is 0.481. The lowest BCUT2D eigenvalue weighted by Gasteiger charge is -2.37. The zero-order valence-corrected chi connectivity index (χ0v) is 21.2. The van der Waals surface area contributed by atoms with Crippen LogP contribution in [0.25, 0.3) is 16.0 Å². The van der Waals surface area contributed by atoms with E-state index in [9.17, 15) is 22.0 Å². The van der Waals surface area contributed by atoms with E-state index in [1.54, 1.807) is 17.2 Å². The van der Waals surface area contributed by atoms with Gasteiger partial charge in [-0.3, -0.25) is 4.79 Å². The molecule has 0 aliphatic carbocycles. The van der Waals surface area contributed by atoms with Crippen LogP contribution in [0.5, 0.6) is 0 Å². The number of nitrogens with zero attached hydrogens (tertiary/aromatic N) is 6. The van der Waals surface area contributed by atoms with E-state index in [-0.39, 0.29) is 27.9 Å². The van der Waals surface area contributed by atoms with Gasteiger partial charge in [0.15, 0.2) is 5.01 Å². The van der Waals surface area contributed by atoms with Crippen LogP contribution in [0.2, 0.25) is 0 Å². The third kappa shape index (κ3) is 4.67. The van der Waals surface area contributed by atoms with E-state index >= 15 is 0 Å². The molecule has 4 heterocycles. The molecule has 15 heteroatoms. The fourth-order valence-corrected chi connectivity index (χ4v) is 6.09. The summed E-state index contributed by atoms with van der Waals surface area (Å²) in [6.45, 7) is 6.28. The van der Waals surface area contributed by atoms with E-state index < -0.39 is 21.5 Å². The highest BCUT2D eigenvalue weighted by Crippen LogP contribution is 2.34. The molecule has 2 saturated heterocycles. The van der Waals surface area contributed by atoms with Gasteiger partial charge in [-0.1, -0.05) is 25.2 Å². The molecular weight excluding hydrogens is 516 g/mol. The summed E-state index contributed by atoms with van der Waals surface area (Å²) in [5.41, 5.74) is 1.02. The first-order valence-electron chi connectivity index (χ1n) is 11.4. The molecule has 0 saturated carbocycles. The summed E-state index contributed by atoms with van der Waals surface area (Å²) in [5.74, 6) is -0.0384. The normalized spacial score (nSPS) is 17.4. The number of benzene rings is 1. The maximum atomic E-state index is 13.2. The second kappa shape index (κ2) is 9.61. The predicted octanol–water partition coefficient (Wildman–Crippen LogP) is 1.80. The zero-order chi connectivity index (χ0) is 25.6. The Morgan fingerprint density at radius 2 is 1.89 bits per heavy atom. The minimum absolute atomic E-state index is 0.0120. The average molecular weight is 542 g/mol. The first kappa shape index (κ1) is 24.9. The second-order valence-electron chi connectivity index (χ2n) is 8.98. The molecule has 36 heavy (non-hydrogen) atoms. The van der Waals surface area contributed by atoms with E-state index in [2.05, 4.69) is 20.0 Å². The van der Waals surface area contributed by atoms with Crippen LogP contribution < -0.4 is 9.62 Å². The Bertz CT molecular complexity index is 1380. The van der Waals surface area contributed by atoms with Crippen LogP contribution in [0.4, 0.5) is 14.5 Å². The number of halogens is 2. The van der Waals surface area contributed by atoms with Gasteiger partial charge in [-0.05, 0) is 12.1 Å². The van der Waals surface area contributed by atoms with Crippen LogP contribution in [-0.4, -0.2) is 84.6 Å². The number of ether oxygens (including phenoxy) is 1. The van der Waals surface area contributed by atoms with Crippen molar-refractivity contribution in [1.82, 2.24) is 29.6 Å². The lowest BCUT2D eigenvalue weighted by molar-refractivity contribution is -0.134. The number of piperazine rings is 1. The molecule has 0 bridgehead atoms. The standard InChI is InChI=1S/C21H25F2N7O4S2/c1-12(2)20(31)29-5-3-28(4-6-29)16-7-14(36(32,33)27-13-10-34-11-13)8-17-15(16)9-24-30(17)21-26-25-19(35-21)18(22)23/h7-9,12-13,18,27H,3-6,10-11H2,1-2H3. The first-order valence-corrected chi connectivity index (χ1v) is 13.7. The summed E-state index contributed by atoms with van der Waals surface area (Å²) in [5, 5.41) is 12.0. The molecule has 3 aromatic rings.